The van der Waals surface area contributed by atoms with Gasteiger partial charge in [0.25, 0.3) is 0 Å². The lowest BCUT2D eigenvalue weighted by Gasteiger charge is -2.30. The molecule has 0 unspecified atom stereocenters. The number of methoxy groups -OCH3 is 4. The average molecular weight is 1730 g/mol. The van der Waals surface area contributed by atoms with Crippen LogP contribution in [0.3, 0.4) is 0 Å². The molecule has 644 valence electrons. The van der Waals surface area contributed by atoms with Crippen LogP contribution in [0.25, 0.3) is 22.3 Å². The second kappa shape index (κ2) is 33.4. The van der Waals surface area contributed by atoms with E-state index in [9.17, 15) is 0 Å². The minimum Gasteiger partial charge on any atom is -0.496 e. The minimum atomic E-state index is -1.32. The smallest absolute Gasteiger partial charge is 0.246 e. The molecule has 4 aliphatic rings. The summed E-state index contributed by atoms with van der Waals surface area (Å²) in [7, 11) is 2.06. The van der Waals surface area contributed by atoms with E-state index in [0.29, 0.717) is 23.0 Å². The highest BCUT2D eigenvalue weighted by Crippen LogP contribution is 2.61. The van der Waals surface area contributed by atoms with E-state index in [1.165, 1.54) is 97.6 Å². The quantitative estimate of drug-likeness (QED) is 0.0763. The Labute approximate surface area is 741 Å². The Morgan fingerprint density at radius 3 is 0.460 bits per heavy atom. The summed E-state index contributed by atoms with van der Waals surface area (Å²) in [6.45, 7) is 59.2. The number of ether oxygens (including phenoxy) is 12. The molecule has 4 heterocycles. The Morgan fingerprint density at radius 1 is 0.177 bits per heavy atom. The van der Waals surface area contributed by atoms with Crippen LogP contribution in [0.1, 0.15) is 167 Å². The molecule has 0 amide bonds. The van der Waals surface area contributed by atoms with Crippen molar-refractivity contribution in [1.82, 2.24) is 0 Å². The number of aryl methyl sites for hydroxylation is 20. The number of fused-ring (bicyclic) bond motifs is 4. The second-order valence-electron chi connectivity index (χ2n) is 36.6. The molecule has 0 atom stereocenters. The van der Waals surface area contributed by atoms with Gasteiger partial charge in [-0.25, -0.2) is 0 Å². The Morgan fingerprint density at radius 2 is 0.315 bits per heavy atom. The molecule has 12 aromatic carbocycles. The second-order valence-corrected chi connectivity index (χ2v) is 45.3. The van der Waals surface area contributed by atoms with Crippen molar-refractivity contribution in [1.29, 1.82) is 0 Å². The molecule has 0 radical (unpaired) electrons. The van der Waals surface area contributed by atoms with Gasteiger partial charge in [0.05, 0.1) is 28.4 Å². The van der Waals surface area contributed by atoms with Gasteiger partial charge in [0.2, 0.25) is 23.1 Å². The van der Waals surface area contributed by atoms with Crippen LogP contribution in [-0.4, -0.2) is 51.6 Å². The number of hydrogen-bond donors (Lipinski definition) is 0. The highest BCUT2D eigenvalue weighted by atomic mass is 31.1. The molecule has 16 heteroatoms. The van der Waals surface area contributed by atoms with Gasteiger partial charge in [-0.05, 0) is 373 Å². The summed E-state index contributed by atoms with van der Waals surface area (Å²) in [6, 6.07) is 55.9. The number of benzene rings is 12. The monoisotopic (exact) mass is 1730 g/mol. The molecule has 12 nitrogen and oxygen atoms in total. The Kier molecular flexibility index (Phi) is 23.9. The first-order chi connectivity index (χ1) is 58.4. The van der Waals surface area contributed by atoms with Crippen LogP contribution in [0.4, 0.5) is 0 Å². The molecule has 0 spiro atoms. The normalized spacial score (nSPS) is 14.5. The van der Waals surface area contributed by atoms with Crippen LogP contribution in [0.5, 0.6) is 69.0 Å². The van der Waals surface area contributed by atoms with Gasteiger partial charge in [0.1, 0.15) is 23.0 Å². The third-order valence-corrected chi connectivity index (χ3v) is 32.9. The zero-order chi connectivity index (χ0) is 89.5. The van der Waals surface area contributed by atoms with Crippen molar-refractivity contribution in [2.45, 2.75) is 217 Å². The lowest BCUT2D eigenvalue weighted by atomic mass is 9.98. The molecule has 0 saturated carbocycles. The van der Waals surface area contributed by atoms with Crippen LogP contribution in [0.2, 0.25) is 0 Å². The van der Waals surface area contributed by atoms with Crippen LogP contribution in [-0.2, 0) is 0 Å². The summed E-state index contributed by atoms with van der Waals surface area (Å²) in [5, 5.41) is 14.5. The van der Waals surface area contributed by atoms with Gasteiger partial charge in [-0.15, -0.1) is 0 Å². The van der Waals surface area contributed by atoms with Crippen molar-refractivity contribution in [2.24, 2.45) is 0 Å². The van der Waals surface area contributed by atoms with Gasteiger partial charge in [-0.2, -0.15) is 0 Å². The summed E-state index contributed by atoms with van der Waals surface area (Å²) in [4.78, 5) is 0. The van der Waals surface area contributed by atoms with Crippen molar-refractivity contribution in [3.05, 3.63) is 257 Å². The maximum atomic E-state index is 7.14. The standard InChI is InChI=1S/C56H64O8P2.C52H56O4P2/c1-29-19-39(20-30(2)47(29)57-15)65(40-21-31(3)48(58-16)32(4)22-40)43-27-37(9)51-53(63-55(11,12)61-51)45(43)46-44(28-38(10)52-54(46)64-56(13,14)62-52)66(41-23-33(5)49(59-17)34(6)24-41)42-25-35(7)50(60-18)36(8)26-42;1-29-15-30(2)20-39(19-29)57(40-21-31(3)16-32(4)22-40)43-27-37(9)47-49(55-51(11,12)53-47)45(43)46-44(28-38(10)48-50(46)56-52(13,14)54-48)58(41-23-33(5)17-34(6)24-41)42-25-35(7)18-36(8)26-42/h19-28H,1-18H3;15-28H,1-14H3. The predicted octanol–water partition coefficient (Wildman–Crippen LogP) is 22.0. The zero-order valence-electron chi connectivity index (χ0n) is 78.5. The van der Waals surface area contributed by atoms with E-state index in [2.05, 4.69) is 284 Å². The molecule has 0 saturated heterocycles. The number of hydrogen-bond acceptors (Lipinski definition) is 12. The minimum absolute atomic E-state index is 0.686. The topological polar surface area (TPSA) is 111 Å². The third kappa shape index (κ3) is 16.9. The molecular weight excluding hydrogens is 1610 g/mol. The Balaban J connectivity index is 0.000000193. The number of rotatable bonds is 18. The molecular formula is C108H120O12P4. The fourth-order valence-corrected chi connectivity index (χ4v) is 30.9. The van der Waals surface area contributed by atoms with Gasteiger partial charge < -0.3 is 56.8 Å². The van der Waals surface area contributed by atoms with E-state index >= 15 is 0 Å². The van der Waals surface area contributed by atoms with Crippen molar-refractivity contribution in [2.75, 3.05) is 28.4 Å². The molecule has 16 rings (SSSR count). The van der Waals surface area contributed by atoms with E-state index in [1.807, 2.05) is 55.4 Å². The van der Waals surface area contributed by atoms with Gasteiger partial charge in [-0.1, -0.05) is 117 Å². The zero-order valence-corrected chi connectivity index (χ0v) is 82.1. The van der Waals surface area contributed by atoms with E-state index in [0.717, 1.165) is 146 Å². The maximum absolute atomic E-state index is 7.14. The first-order valence-electron chi connectivity index (χ1n) is 42.8. The summed E-state index contributed by atoms with van der Waals surface area (Å²) >= 11 is 0. The van der Waals surface area contributed by atoms with Crippen LogP contribution in [0.15, 0.2) is 146 Å². The fourth-order valence-electron chi connectivity index (χ4n) is 19.2. The fraction of sp³-hybridized carbons (Fsp3) is 0.333. The summed E-state index contributed by atoms with van der Waals surface area (Å²) in [5.74, 6) is 5.76. The molecule has 124 heavy (non-hydrogen) atoms. The molecule has 0 N–H and O–H groups in total. The molecule has 0 aliphatic carbocycles. The predicted molar refractivity (Wildman–Crippen MR) is 521 cm³/mol. The van der Waals surface area contributed by atoms with E-state index < -0.39 is 54.8 Å². The first-order valence-corrected chi connectivity index (χ1v) is 48.1. The van der Waals surface area contributed by atoms with Gasteiger partial charge in [-0.3, -0.25) is 0 Å². The highest BCUT2D eigenvalue weighted by molar-refractivity contribution is 7.81. The van der Waals surface area contributed by atoms with Crippen molar-refractivity contribution < 1.29 is 56.8 Å². The largest absolute Gasteiger partial charge is 0.496 e. The SMILES string of the molecule is COc1c(C)cc(P(c2cc(C)c(OC)c(C)c2)c2cc(C)c3c(c2-c2c(P(c4cc(C)c(OC)c(C)c4)c4cc(C)c(OC)c(C)c4)cc(C)c4c2OC(C)(C)O4)OC(C)(C)O3)cc1C.Cc1cc(C)cc(P(c2cc(C)cc(C)c2)c2cc(C)c3c(c2-c2c(P(c4cc(C)cc(C)c4)c4cc(C)cc(C)c4)cc(C)c4c2OC(C)(C)O4)OC(C)(C)O3)c1. The van der Waals surface area contributed by atoms with Crippen LogP contribution in [0, 0.1) is 138 Å². The van der Waals surface area contributed by atoms with Crippen molar-refractivity contribution in [3.63, 3.8) is 0 Å². The van der Waals surface area contributed by atoms with E-state index in [-0.39, 0.29) is 0 Å². The van der Waals surface area contributed by atoms with E-state index in [4.69, 9.17) is 56.8 Å². The molecule has 0 bridgehead atoms. The highest BCUT2D eigenvalue weighted by Gasteiger charge is 2.48. The Bertz CT molecular complexity index is 5590. The van der Waals surface area contributed by atoms with Gasteiger partial charge in [0, 0.05) is 77.6 Å². The van der Waals surface area contributed by atoms with Gasteiger partial charge in [0.15, 0.2) is 46.0 Å². The molecule has 12 aromatic rings. The van der Waals surface area contributed by atoms with Gasteiger partial charge >= 0.3 is 0 Å². The van der Waals surface area contributed by atoms with Crippen molar-refractivity contribution >= 4 is 95.3 Å². The summed E-state index contributed by atoms with van der Waals surface area (Å²) in [6.07, 6.45) is 0. The van der Waals surface area contributed by atoms with Crippen molar-refractivity contribution in [3.8, 4) is 91.2 Å². The first kappa shape index (κ1) is 88.8. The third-order valence-electron chi connectivity index (χ3n) is 23.3. The van der Waals surface area contributed by atoms with Crippen LogP contribution < -0.4 is 120 Å². The summed E-state index contributed by atoms with van der Waals surface area (Å²) in [5.41, 5.74) is 26.5. The maximum Gasteiger partial charge on any atom is 0.246 e. The molecule has 4 aliphatic heterocycles. The molecule has 0 fully saturated rings. The summed E-state index contributed by atoms with van der Waals surface area (Å²) < 4.78 is 79.4. The average Bonchev–Trinajstić information content (AvgIpc) is 1.48. The lowest BCUT2D eigenvalue weighted by molar-refractivity contribution is -0.0444. The Hall–Kier alpha value is -10.0. The van der Waals surface area contributed by atoms with Crippen LogP contribution >= 0.6 is 31.7 Å². The lowest BCUT2D eigenvalue weighted by Crippen LogP contribution is -2.31. The molecule has 0 aromatic heterocycles. The van der Waals surface area contributed by atoms with E-state index in [1.54, 1.807) is 28.4 Å².